The number of nitrogens with one attached hydrogen (secondary N) is 2. The number of rotatable bonds is 10. The minimum absolute atomic E-state index is 0.00282. The van der Waals surface area contributed by atoms with E-state index in [4.69, 9.17) is 9.47 Å². The van der Waals surface area contributed by atoms with Gasteiger partial charge in [0.05, 0.1) is 25.5 Å². The number of carbonyl (C=O) groups excluding carboxylic acids is 3. The Balaban J connectivity index is 1.44. The van der Waals surface area contributed by atoms with E-state index in [2.05, 4.69) is 15.7 Å². The second-order valence-corrected chi connectivity index (χ2v) is 9.40. The molecule has 2 aliphatic rings. The van der Waals surface area contributed by atoms with Crippen LogP contribution in [0.2, 0.25) is 0 Å². The molecule has 0 atom stereocenters. The number of ether oxygens (including phenoxy) is 2. The van der Waals surface area contributed by atoms with Gasteiger partial charge in [-0.2, -0.15) is 0 Å². The molecule has 0 aliphatic carbocycles. The van der Waals surface area contributed by atoms with Crippen molar-refractivity contribution in [1.29, 1.82) is 0 Å². The highest BCUT2D eigenvalue weighted by Gasteiger charge is 2.25. The molecular weight excluding hydrogens is 500 g/mol. The fourth-order valence-electron chi connectivity index (χ4n) is 4.19. The van der Waals surface area contributed by atoms with E-state index in [0.717, 1.165) is 5.56 Å². The van der Waals surface area contributed by atoms with Crippen LogP contribution >= 0.6 is 0 Å². The third-order valence-corrected chi connectivity index (χ3v) is 6.53. The lowest BCUT2D eigenvalue weighted by Gasteiger charge is -2.32. The van der Waals surface area contributed by atoms with Gasteiger partial charge in [0.15, 0.2) is 0 Å². The molecule has 2 N–H and O–H groups in total. The lowest BCUT2D eigenvalue weighted by Crippen LogP contribution is -2.53. The summed E-state index contributed by atoms with van der Waals surface area (Å²) in [6.45, 7) is 5.74. The molecular formula is C28H36N6O5. The van der Waals surface area contributed by atoms with E-state index in [1.165, 1.54) is 0 Å². The molecule has 0 radical (unpaired) electrons. The average molecular weight is 537 g/mol. The maximum atomic E-state index is 12.9. The van der Waals surface area contributed by atoms with Crippen molar-refractivity contribution in [3.63, 3.8) is 0 Å². The largest absolute Gasteiger partial charge is 0.494 e. The van der Waals surface area contributed by atoms with Gasteiger partial charge in [-0.25, -0.2) is 10.0 Å². The first-order valence-electron chi connectivity index (χ1n) is 13.2. The normalized spacial score (nSPS) is 15.1. The molecule has 0 bridgehead atoms. The molecule has 2 aromatic rings. The second kappa shape index (κ2) is 13.7. The average Bonchev–Trinajstić information content (AvgIpc) is 2.96. The van der Waals surface area contributed by atoms with Crippen LogP contribution in [-0.2, 0) is 20.9 Å². The standard InChI is InChI=1S/C28H36N6O5/c1-3-32(2)26(36)10-7-15-39-23-11-12-24-22(18-23)19-33(20-25(35)31-34-13-16-38-17-14-34)28(29-24)30-27(37)21-8-5-4-6-9-21/h4-6,8-9,11-12,18H,3,7,10,13-17,19-20H2,1-2H3,(H,31,35)(H,29,30,37). The maximum Gasteiger partial charge on any atom is 0.257 e. The topological polar surface area (TPSA) is 116 Å². The number of nitrogens with zero attached hydrogens (tertiary/aromatic N) is 4. The van der Waals surface area contributed by atoms with Crippen LogP contribution in [0.15, 0.2) is 53.5 Å². The van der Waals surface area contributed by atoms with Crippen LogP contribution in [0.3, 0.4) is 0 Å². The molecule has 11 heteroatoms. The Kier molecular flexibility index (Phi) is 9.87. The monoisotopic (exact) mass is 536 g/mol. The Morgan fingerprint density at radius 2 is 1.87 bits per heavy atom. The van der Waals surface area contributed by atoms with E-state index >= 15 is 0 Å². The van der Waals surface area contributed by atoms with E-state index in [0.29, 0.717) is 81.8 Å². The van der Waals surface area contributed by atoms with Gasteiger partial charge in [-0.05, 0) is 43.7 Å². The molecule has 11 nitrogen and oxygen atoms in total. The van der Waals surface area contributed by atoms with Crippen molar-refractivity contribution in [3.8, 4) is 5.75 Å². The summed E-state index contributed by atoms with van der Waals surface area (Å²) < 4.78 is 11.2. The Morgan fingerprint density at radius 3 is 2.62 bits per heavy atom. The number of hydrogen-bond acceptors (Lipinski definition) is 8. The number of amides is 3. The fraction of sp³-hybridized carbons (Fsp3) is 0.429. The molecule has 0 unspecified atom stereocenters. The number of fused-ring (bicyclic) bond motifs is 1. The SMILES string of the molecule is CCN(C)C(=O)CCCOc1ccc2c(c1)CN(CC(=O)NN1CCOCC1)C(NC(=O)c1ccccc1)=N2. The highest BCUT2D eigenvalue weighted by Crippen LogP contribution is 2.29. The lowest BCUT2D eigenvalue weighted by atomic mass is 10.1. The predicted octanol–water partition coefficient (Wildman–Crippen LogP) is 1.92. The molecule has 1 saturated heterocycles. The number of guanidine groups is 1. The molecule has 208 valence electrons. The number of hydrazine groups is 1. The zero-order valence-corrected chi connectivity index (χ0v) is 22.5. The molecule has 0 aromatic heterocycles. The van der Waals surface area contributed by atoms with Gasteiger partial charge in [-0.1, -0.05) is 18.2 Å². The highest BCUT2D eigenvalue weighted by molar-refractivity contribution is 6.07. The Bertz CT molecular complexity index is 1180. The van der Waals surface area contributed by atoms with Crippen molar-refractivity contribution in [1.82, 2.24) is 25.6 Å². The quantitative estimate of drug-likeness (QED) is 0.446. The predicted molar refractivity (Wildman–Crippen MR) is 146 cm³/mol. The van der Waals surface area contributed by atoms with Crippen LogP contribution in [0.5, 0.6) is 5.75 Å². The smallest absolute Gasteiger partial charge is 0.257 e. The van der Waals surface area contributed by atoms with Gasteiger partial charge in [0.25, 0.3) is 11.8 Å². The third kappa shape index (κ3) is 8.01. The zero-order valence-electron chi connectivity index (χ0n) is 22.5. The molecule has 4 rings (SSSR count). The van der Waals surface area contributed by atoms with Crippen LogP contribution in [0.25, 0.3) is 0 Å². The summed E-state index contributed by atoms with van der Waals surface area (Å²) >= 11 is 0. The van der Waals surface area contributed by atoms with Gasteiger partial charge in [0, 0.05) is 50.8 Å². The summed E-state index contributed by atoms with van der Waals surface area (Å²) in [5, 5.41) is 4.70. The van der Waals surface area contributed by atoms with Crippen LogP contribution in [0.1, 0.15) is 35.7 Å². The minimum atomic E-state index is -0.306. The summed E-state index contributed by atoms with van der Waals surface area (Å²) in [6.07, 6.45) is 1.04. The number of hydrogen-bond donors (Lipinski definition) is 2. The Morgan fingerprint density at radius 1 is 1.10 bits per heavy atom. The molecule has 0 spiro atoms. The first-order chi connectivity index (χ1) is 18.9. The molecule has 3 amide bonds. The van der Waals surface area contributed by atoms with E-state index in [9.17, 15) is 14.4 Å². The van der Waals surface area contributed by atoms with Crippen molar-refractivity contribution < 1.29 is 23.9 Å². The first-order valence-corrected chi connectivity index (χ1v) is 13.2. The van der Waals surface area contributed by atoms with Gasteiger partial charge >= 0.3 is 0 Å². The summed E-state index contributed by atoms with van der Waals surface area (Å²) in [5.74, 6) is 0.545. The summed E-state index contributed by atoms with van der Waals surface area (Å²) in [7, 11) is 1.79. The highest BCUT2D eigenvalue weighted by atomic mass is 16.5. The van der Waals surface area contributed by atoms with Gasteiger partial charge in [0.2, 0.25) is 11.9 Å². The Labute approximate surface area is 228 Å². The van der Waals surface area contributed by atoms with Crippen molar-refractivity contribution in [2.45, 2.75) is 26.3 Å². The van der Waals surface area contributed by atoms with Crippen molar-refractivity contribution in [3.05, 3.63) is 59.7 Å². The summed E-state index contributed by atoms with van der Waals surface area (Å²) in [5.41, 5.74) is 4.97. The number of aliphatic imine (C=N–C) groups is 1. The molecule has 2 aliphatic heterocycles. The molecule has 0 saturated carbocycles. The number of carbonyl (C=O) groups is 3. The second-order valence-electron chi connectivity index (χ2n) is 9.40. The molecule has 39 heavy (non-hydrogen) atoms. The molecule has 1 fully saturated rings. The van der Waals surface area contributed by atoms with Crippen molar-refractivity contribution in [2.75, 3.05) is 53.0 Å². The zero-order chi connectivity index (χ0) is 27.6. The third-order valence-electron chi connectivity index (χ3n) is 6.53. The van der Waals surface area contributed by atoms with Gasteiger partial charge in [-0.15, -0.1) is 0 Å². The van der Waals surface area contributed by atoms with Crippen LogP contribution in [0, 0.1) is 0 Å². The van der Waals surface area contributed by atoms with Crippen LogP contribution in [-0.4, -0.2) is 91.5 Å². The summed E-state index contributed by atoms with van der Waals surface area (Å²) in [6, 6.07) is 14.4. The van der Waals surface area contributed by atoms with Crippen molar-refractivity contribution in [2.24, 2.45) is 4.99 Å². The maximum absolute atomic E-state index is 12.9. The van der Waals surface area contributed by atoms with E-state index in [1.54, 1.807) is 41.1 Å². The van der Waals surface area contributed by atoms with E-state index < -0.39 is 0 Å². The number of benzene rings is 2. The van der Waals surface area contributed by atoms with Crippen molar-refractivity contribution >= 4 is 29.4 Å². The minimum Gasteiger partial charge on any atom is -0.494 e. The lowest BCUT2D eigenvalue weighted by molar-refractivity contribution is -0.130. The van der Waals surface area contributed by atoms with E-state index in [-0.39, 0.29) is 24.3 Å². The van der Waals surface area contributed by atoms with Gasteiger partial charge in [0.1, 0.15) is 12.3 Å². The first kappa shape index (κ1) is 28.1. The van der Waals surface area contributed by atoms with Gasteiger partial charge in [-0.3, -0.25) is 25.1 Å². The number of morpholine rings is 1. The van der Waals surface area contributed by atoms with E-state index in [1.807, 2.05) is 36.2 Å². The van der Waals surface area contributed by atoms with Crippen LogP contribution < -0.4 is 15.5 Å². The molecule has 2 heterocycles. The summed E-state index contributed by atoms with van der Waals surface area (Å²) in [4.78, 5) is 45.9. The molecule has 2 aromatic carbocycles. The Hall–Kier alpha value is -3.96. The van der Waals surface area contributed by atoms with Gasteiger partial charge < -0.3 is 19.3 Å². The van der Waals surface area contributed by atoms with Crippen LogP contribution in [0.4, 0.5) is 5.69 Å². The fourth-order valence-corrected chi connectivity index (χ4v) is 4.19.